The number of aliphatic carboxylic acids is 1. The van der Waals surface area contributed by atoms with Crippen LogP contribution in [0, 0.1) is 11.8 Å². The molecule has 0 amide bonds. The summed E-state index contributed by atoms with van der Waals surface area (Å²) in [6.07, 6.45) is 0.591. The largest absolute Gasteiger partial charge is 0.481 e. The van der Waals surface area contributed by atoms with E-state index in [2.05, 4.69) is 20.7 Å². The Hall–Kier alpha value is -0.630. The van der Waals surface area contributed by atoms with Gasteiger partial charge in [-0.15, -0.1) is 0 Å². The molecule has 0 heterocycles. The standard InChI is InChI=1S/C18H27BrClNO4S/c1-7-11(2)15(16(22)23)18(6,21-26(24,25)17(3,4)5)12-8-9-13(19)14(20)10-12/h8-11,15,21H,7H2,1-6H3,(H,22,23). The summed E-state index contributed by atoms with van der Waals surface area (Å²) in [6.45, 7) is 10.0. The average molecular weight is 469 g/mol. The lowest BCUT2D eigenvalue weighted by molar-refractivity contribution is -0.146. The summed E-state index contributed by atoms with van der Waals surface area (Å²) in [5.74, 6) is -2.29. The minimum absolute atomic E-state index is 0.261. The van der Waals surface area contributed by atoms with Crippen LogP contribution in [0.25, 0.3) is 0 Å². The molecule has 0 bridgehead atoms. The minimum atomic E-state index is -3.81. The summed E-state index contributed by atoms with van der Waals surface area (Å²) >= 11 is 9.52. The first kappa shape index (κ1) is 23.4. The average Bonchev–Trinajstić information content (AvgIpc) is 2.47. The number of sulfonamides is 1. The van der Waals surface area contributed by atoms with E-state index in [1.54, 1.807) is 45.9 Å². The molecule has 0 spiro atoms. The number of carboxylic acid groups (broad SMARTS) is 1. The lowest BCUT2D eigenvalue weighted by Crippen LogP contribution is -2.56. The summed E-state index contributed by atoms with van der Waals surface area (Å²) in [5.41, 5.74) is -0.858. The van der Waals surface area contributed by atoms with E-state index in [0.717, 1.165) is 0 Å². The highest BCUT2D eigenvalue weighted by atomic mass is 79.9. The molecular formula is C18H27BrClNO4S. The van der Waals surface area contributed by atoms with Gasteiger partial charge in [0.2, 0.25) is 10.0 Å². The van der Waals surface area contributed by atoms with Gasteiger partial charge in [-0.3, -0.25) is 4.79 Å². The molecule has 26 heavy (non-hydrogen) atoms. The van der Waals surface area contributed by atoms with E-state index in [-0.39, 0.29) is 5.92 Å². The predicted molar refractivity (Wildman–Crippen MR) is 109 cm³/mol. The Morgan fingerprint density at radius 1 is 1.31 bits per heavy atom. The maximum atomic E-state index is 12.9. The third-order valence-corrected chi connectivity index (χ3v) is 8.31. The maximum Gasteiger partial charge on any atom is 0.309 e. The van der Waals surface area contributed by atoms with Crippen LogP contribution in [0.4, 0.5) is 0 Å². The van der Waals surface area contributed by atoms with Gasteiger partial charge in [0.1, 0.15) is 0 Å². The molecule has 0 fully saturated rings. The Morgan fingerprint density at radius 3 is 2.23 bits per heavy atom. The molecule has 2 N–H and O–H groups in total. The van der Waals surface area contributed by atoms with Crippen molar-refractivity contribution in [2.45, 2.75) is 58.2 Å². The van der Waals surface area contributed by atoms with Crippen molar-refractivity contribution in [1.82, 2.24) is 4.72 Å². The Kier molecular flexibility index (Phi) is 7.35. The third-order valence-electron chi connectivity index (χ3n) is 4.77. The highest BCUT2D eigenvalue weighted by Gasteiger charge is 2.48. The topological polar surface area (TPSA) is 83.5 Å². The third kappa shape index (κ3) is 4.80. The molecule has 0 saturated carbocycles. The zero-order chi connectivity index (χ0) is 20.5. The normalized spacial score (nSPS) is 17.4. The van der Waals surface area contributed by atoms with Crippen molar-refractivity contribution in [2.75, 3.05) is 0 Å². The molecule has 0 aliphatic rings. The molecule has 0 aromatic heterocycles. The Bertz CT molecular complexity index is 776. The first-order valence-corrected chi connectivity index (χ1v) is 11.0. The van der Waals surface area contributed by atoms with Crippen molar-refractivity contribution >= 4 is 43.5 Å². The van der Waals surface area contributed by atoms with E-state index in [9.17, 15) is 18.3 Å². The van der Waals surface area contributed by atoms with Gasteiger partial charge in [0.15, 0.2) is 0 Å². The zero-order valence-electron chi connectivity index (χ0n) is 15.9. The molecule has 5 nitrogen and oxygen atoms in total. The number of hydrogen-bond donors (Lipinski definition) is 2. The van der Waals surface area contributed by atoms with E-state index in [0.29, 0.717) is 21.5 Å². The van der Waals surface area contributed by atoms with Gasteiger partial charge in [-0.25, -0.2) is 13.1 Å². The van der Waals surface area contributed by atoms with Gasteiger partial charge in [0, 0.05) is 4.47 Å². The SMILES string of the molecule is CCC(C)C(C(=O)O)C(C)(NS(=O)(=O)C(C)(C)C)c1ccc(Br)c(Cl)c1. The number of benzene rings is 1. The van der Waals surface area contributed by atoms with E-state index in [4.69, 9.17) is 11.6 Å². The first-order valence-electron chi connectivity index (χ1n) is 8.39. The molecule has 8 heteroatoms. The maximum absolute atomic E-state index is 12.9. The van der Waals surface area contributed by atoms with Crippen LogP contribution < -0.4 is 4.72 Å². The smallest absolute Gasteiger partial charge is 0.309 e. The summed E-state index contributed by atoms with van der Waals surface area (Å²) in [5, 5.41) is 10.3. The molecule has 0 saturated heterocycles. The Balaban J connectivity index is 3.69. The fourth-order valence-corrected chi connectivity index (χ4v) is 4.38. The molecular weight excluding hydrogens is 442 g/mol. The fraction of sp³-hybridized carbons (Fsp3) is 0.611. The van der Waals surface area contributed by atoms with E-state index in [1.165, 1.54) is 0 Å². The van der Waals surface area contributed by atoms with Gasteiger partial charge in [-0.1, -0.05) is 37.9 Å². The predicted octanol–water partition coefficient (Wildman–Crippen LogP) is 4.78. The molecule has 1 rings (SSSR count). The molecule has 1 aromatic carbocycles. The number of hydrogen-bond acceptors (Lipinski definition) is 3. The fourth-order valence-electron chi connectivity index (χ4n) is 2.85. The van der Waals surface area contributed by atoms with Crippen LogP contribution in [0.15, 0.2) is 22.7 Å². The van der Waals surface area contributed by atoms with Crippen LogP contribution in [0.3, 0.4) is 0 Å². The minimum Gasteiger partial charge on any atom is -0.481 e. The van der Waals surface area contributed by atoms with Crippen LogP contribution in [0.1, 0.15) is 53.5 Å². The Morgan fingerprint density at radius 2 is 1.85 bits per heavy atom. The van der Waals surface area contributed by atoms with Crippen molar-refractivity contribution < 1.29 is 18.3 Å². The molecule has 148 valence electrons. The van der Waals surface area contributed by atoms with E-state index < -0.39 is 32.2 Å². The summed E-state index contributed by atoms with van der Waals surface area (Å²) < 4.78 is 28.0. The number of carbonyl (C=O) groups is 1. The molecule has 0 aliphatic heterocycles. The molecule has 0 radical (unpaired) electrons. The van der Waals surface area contributed by atoms with Crippen molar-refractivity contribution in [3.63, 3.8) is 0 Å². The van der Waals surface area contributed by atoms with Crippen molar-refractivity contribution in [3.05, 3.63) is 33.3 Å². The second-order valence-corrected chi connectivity index (χ2v) is 11.4. The molecule has 3 unspecified atom stereocenters. The van der Waals surface area contributed by atoms with Gasteiger partial charge in [-0.05, 0) is 67.2 Å². The number of halogens is 2. The molecule has 1 aromatic rings. The van der Waals surface area contributed by atoms with Crippen molar-refractivity contribution in [1.29, 1.82) is 0 Å². The van der Waals surface area contributed by atoms with E-state index >= 15 is 0 Å². The number of nitrogens with one attached hydrogen (secondary N) is 1. The monoisotopic (exact) mass is 467 g/mol. The Labute approximate surface area is 169 Å². The highest BCUT2D eigenvalue weighted by molar-refractivity contribution is 9.10. The van der Waals surface area contributed by atoms with Crippen LogP contribution >= 0.6 is 27.5 Å². The van der Waals surface area contributed by atoms with Gasteiger partial charge in [0.05, 0.1) is 21.2 Å². The highest BCUT2D eigenvalue weighted by Crippen LogP contribution is 2.39. The summed E-state index contributed by atoms with van der Waals surface area (Å²) in [6, 6.07) is 4.99. The van der Waals surface area contributed by atoms with Gasteiger partial charge in [0.25, 0.3) is 0 Å². The van der Waals surface area contributed by atoms with Gasteiger partial charge in [-0.2, -0.15) is 0 Å². The number of carboxylic acids is 1. The molecule has 0 aliphatic carbocycles. The lowest BCUT2D eigenvalue weighted by Gasteiger charge is -2.41. The van der Waals surface area contributed by atoms with Crippen molar-refractivity contribution in [2.24, 2.45) is 11.8 Å². The van der Waals surface area contributed by atoms with Crippen LogP contribution in [-0.4, -0.2) is 24.2 Å². The second kappa shape index (κ2) is 8.17. The second-order valence-electron chi connectivity index (χ2n) is 7.75. The first-order chi connectivity index (χ1) is 11.7. The van der Waals surface area contributed by atoms with Gasteiger partial charge < -0.3 is 5.11 Å². The zero-order valence-corrected chi connectivity index (χ0v) is 19.1. The summed E-state index contributed by atoms with van der Waals surface area (Å²) in [7, 11) is -3.81. The quantitative estimate of drug-likeness (QED) is 0.603. The van der Waals surface area contributed by atoms with Gasteiger partial charge >= 0.3 is 5.97 Å². The lowest BCUT2D eigenvalue weighted by atomic mass is 9.73. The van der Waals surface area contributed by atoms with Crippen LogP contribution in [0.5, 0.6) is 0 Å². The van der Waals surface area contributed by atoms with Crippen molar-refractivity contribution in [3.8, 4) is 0 Å². The molecule has 3 atom stereocenters. The van der Waals surface area contributed by atoms with E-state index in [1.807, 2.05) is 13.8 Å². The summed E-state index contributed by atoms with van der Waals surface area (Å²) in [4.78, 5) is 12.1. The van der Waals surface area contributed by atoms with Crippen LogP contribution in [-0.2, 0) is 20.4 Å². The number of rotatable bonds is 7. The van der Waals surface area contributed by atoms with Crippen LogP contribution in [0.2, 0.25) is 5.02 Å².